The molecule has 0 saturated carbocycles. The van der Waals surface area contributed by atoms with Gasteiger partial charge in [-0.15, -0.1) is 0 Å². The molecule has 0 spiro atoms. The molecule has 0 bridgehead atoms. The monoisotopic (exact) mass is 259 g/mol. The lowest BCUT2D eigenvalue weighted by atomic mass is 10.0. The van der Waals surface area contributed by atoms with Crippen LogP contribution in [0.4, 0.5) is 0 Å². The number of nitrogens with two attached hydrogens (primary N) is 1. The SMILES string of the molecule is CC(=O)OCNC(=O)[C@H](C)NC(=O)[C@@H](N)C(C)C. The Bertz CT molecular complexity index is 317. The van der Waals surface area contributed by atoms with E-state index < -0.39 is 24.0 Å². The number of carbonyl (C=O) groups is 3. The molecule has 0 aliphatic heterocycles. The molecule has 0 aromatic carbocycles. The summed E-state index contributed by atoms with van der Waals surface area (Å²) in [6.07, 6.45) is 0. The van der Waals surface area contributed by atoms with E-state index in [-0.39, 0.29) is 18.6 Å². The third-order valence-corrected chi connectivity index (χ3v) is 2.29. The van der Waals surface area contributed by atoms with Gasteiger partial charge in [0.25, 0.3) is 0 Å². The summed E-state index contributed by atoms with van der Waals surface area (Å²) >= 11 is 0. The van der Waals surface area contributed by atoms with Crippen molar-refractivity contribution in [1.82, 2.24) is 10.6 Å². The fourth-order valence-electron chi connectivity index (χ4n) is 1.04. The Kier molecular flexibility index (Phi) is 6.96. The van der Waals surface area contributed by atoms with Gasteiger partial charge in [-0.05, 0) is 12.8 Å². The number of nitrogens with one attached hydrogen (secondary N) is 2. The predicted octanol–water partition coefficient (Wildman–Crippen LogP) is -0.889. The summed E-state index contributed by atoms with van der Waals surface area (Å²) in [5.41, 5.74) is 5.64. The average molecular weight is 259 g/mol. The molecule has 4 N–H and O–H groups in total. The van der Waals surface area contributed by atoms with E-state index in [0.29, 0.717) is 0 Å². The number of carbonyl (C=O) groups excluding carboxylic acids is 3. The summed E-state index contributed by atoms with van der Waals surface area (Å²) in [4.78, 5) is 33.6. The first-order valence-corrected chi connectivity index (χ1v) is 5.72. The third-order valence-electron chi connectivity index (χ3n) is 2.29. The van der Waals surface area contributed by atoms with Gasteiger partial charge in [0, 0.05) is 6.92 Å². The van der Waals surface area contributed by atoms with Crippen molar-refractivity contribution < 1.29 is 19.1 Å². The minimum atomic E-state index is -0.738. The molecule has 0 fully saturated rings. The van der Waals surface area contributed by atoms with Gasteiger partial charge in [-0.25, -0.2) is 0 Å². The van der Waals surface area contributed by atoms with Gasteiger partial charge in [-0.2, -0.15) is 0 Å². The summed E-state index contributed by atoms with van der Waals surface area (Å²) in [5, 5.41) is 4.83. The van der Waals surface area contributed by atoms with Crippen molar-refractivity contribution in [2.24, 2.45) is 11.7 Å². The van der Waals surface area contributed by atoms with Crippen LogP contribution in [-0.2, 0) is 19.1 Å². The Morgan fingerprint density at radius 2 is 1.72 bits per heavy atom. The second-order valence-corrected chi connectivity index (χ2v) is 4.32. The molecular weight excluding hydrogens is 238 g/mol. The molecule has 0 saturated heterocycles. The zero-order valence-electron chi connectivity index (χ0n) is 11.1. The van der Waals surface area contributed by atoms with E-state index in [4.69, 9.17) is 5.73 Å². The van der Waals surface area contributed by atoms with E-state index in [0.717, 1.165) is 0 Å². The van der Waals surface area contributed by atoms with Gasteiger partial charge in [0.15, 0.2) is 6.73 Å². The highest BCUT2D eigenvalue weighted by Crippen LogP contribution is 1.98. The number of rotatable bonds is 6. The molecule has 18 heavy (non-hydrogen) atoms. The first-order chi connectivity index (χ1) is 8.25. The van der Waals surface area contributed by atoms with Gasteiger partial charge in [0.05, 0.1) is 6.04 Å². The lowest BCUT2D eigenvalue weighted by molar-refractivity contribution is -0.143. The van der Waals surface area contributed by atoms with Crippen LogP contribution in [0.15, 0.2) is 0 Å². The van der Waals surface area contributed by atoms with Gasteiger partial charge in [-0.3, -0.25) is 14.4 Å². The van der Waals surface area contributed by atoms with E-state index in [1.165, 1.54) is 13.8 Å². The van der Waals surface area contributed by atoms with Crippen molar-refractivity contribution in [1.29, 1.82) is 0 Å². The van der Waals surface area contributed by atoms with Crippen LogP contribution in [0, 0.1) is 5.92 Å². The smallest absolute Gasteiger partial charge is 0.304 e. The molecule has 0 radical (unpaired) electrons. The summed E-state index contributed by atoms with van der Waals surface area (Å²) in [6.45, 7) is 6.17. The van der Waals surface area contributed by atoms with Gasteiger partial charge >= 0.3 is 5.97 Å². The molecule has 7 heteroatoms. The summed E-state index contributed by atoms with van der Waals surface area (Å²) in [7, 11) is 0. The Morgan fingerprint density at radius 3 is 2.17 bits per heavy atom. The van der Waals surface area contributed by atoms with Crippen LogP contribution in [0.25, 0.3) is 0 Å². The molecule has 0 aliphatic carbocycles. The van der Waals surface area contributed by atoms with E-state index >= 15 is 0 Å². The maximum absolute atomic E-state index is 11.6. The topological polar surface area (TPSA) is 111 Å². The highest BCUT2D eigenvalue weighted by atomic mass is 16.5. The normalized spacial score (nSPS) is 13.7. The number of hydrogen-bond donors (Lipinski definition) is 3. The van der Waals surface area contributed by atoms with Crippen molar-refractivity contribution in [2.45, 2.75) is 39.8 Å². The third kappa shape index (κ3) is 6.19. The Balaban J connectivity index is 4.08. The van der Waals surface area contributed by atoms with Crippen LogP contribution in [0.3, 0.4) is 0 Å². The first kappa shape index (κ1) is 16.4. The molecule has 0 aliphatic rings. The van der Waals surface area contributed by atoms with Crippen molar-refractivity contribution in [3.8, 4) is 0 Å². The van der Waals surface area contributed by atoms with E-state index in [2.05, 4.69) is 15.4 Å². The quantitative estimate of drug-likeness (QED) is 0.423. The fraction of sp³-hybridized carbons (Fsp3) is 0.727. The highest BCUT2D eigenvalue weighted by molar-refractivity contribution is 5.89. The predicted molar refractivity (Wildman–Crippen MR) is 65.2 cm³/mol. The maximum Gasteiger partial charge on any atom is 0.304 e. The largest absolute Gasteiger partial charge is 0.445 e. The zero-order chi connectivity index (χ0) is 14.3. The zero-order valence-corrected chi connectivity index (χ0v) is 11.1. The minimum Gasteiger partial charge on any atom is -0.445 e. The minimum absolute atomic E-state index is 0.0127. The molecular formula is C11H21N3O4. The van der Waals surface area contributed by atoms with Gasteiger partial charge in [-0.1, -0.05) is 13.8 Å². The average Bonchev–Trinajstić information content (AvgIpc) is 2.26. The van der Waals surface area contributed by atoms with E-state index in [1.54, 1.807) is 0 Å². The highest BCUT2D eigenvalue weighted by Gasteiger charge is 2.21. The number of esters is 1. The molecule has 0 heterocycles. The maximum atomic E-state index is 11.6. The van der Waals surface area contributed by atoms with Gasteiger partial charge in [0.1, 0.15) is 6.04 Å². The van der Waals surface area contributed by atoms with Crippen molar-refractivity contribution in [3.63, 3.8) is 0 Å². The second kappa shape index (κ2) is 7.65. The molecule has 0 rings (SSSR count). The number of ether oxygens (including phenoxy) is 1. The number of hydrogen-bond acceptors (Lipinski definition) is 5. The Morgan fingerprint density at radius 1 is 1.17 bits per heavy atom. The Labute approximate surface area is 106 Å². The van der Waals surface area contributed by atoms with Crippen LogP contribution in [-0.4, -0.2) is 36.6 Å². The summed E-state index contributed by atoms with van der Waals surface area (Å²) in [6, 6.07) is -1.40. The molecule has 0 aromatic rings. The number of amides is 2. The van der Waals surface area contributed by atoms with Crippen LogP contribution in [0.5, 0.6) is 0 Å². The van der Waals surface area contributed by atoms with E-state index in [1.807, 2.05) is 13.8 Å². The van der Waals surface area contributed by atoms with Gasteiger partial charge in [0.2, 0.25) is 11.8 Å². The lowest BCUT2D eigenvalue weighted by Gasteiger charge is -2.19. The van der Waals surface area contributed by atoms with E-state index in [9.17, 15) is 14.4 Å². The molecule has 7 nitrogen and oxygen atoms in total. The van der Waals surface area contributed by atoms with Crippen LogP contribution in [0.2, 0.25) is 0 Å². The fourth-order valence-corrected chi connectivity index (χ4v) is 1.04. The van der Waals surface area contributed by atoms with Crippen molar-refractivity contribution >= 4 is 17.8 Å². The van der Waals surface area contributed by atoms with Crippen molar-refractivity contribution in [2.75, 3.05) is 6.73 Å². The van der Waals surface area contributed by atoms with Gasteiger partial charge < -0.3 is 21.1 Å². The van der Waals surface area contributed by atoms with Crippen LogP contribution in [0.1, 0.15) is 27.7 Å². The van der Waals surface area contributed by atoms with Crippen molar-refractivity contribution in [3.05, 3.63) is 0 Å². The standard InChI is InChI=1S/C11H21N3O4/c1-6(2)9(12)11(17)14-7(3)10(16)13-5-18-8(4)15/h6-7,9H,5,12H2,1-4H3,(H,13,16)(H,14,17)/t7-,9-/m0/s1. The molecule has 2 amide bonds. The lowest BCUT2D eigenvalue weighted by Crippen LogP contribution is -2.52. The van der Waals surface area contributed by atoms with Crippen LogP contribution < -0.4 is 16.4 Å². The Hall–Kier alpha value is -1.63. The summed E-state index contributed by atoms with van der Waals surface area (Å²) < 4.78 is 4.55. The molecule has 104 valence electrons. The molecule has 0 aromatic heterocycles. The summed E-state index contributed by atoms with van der Waals surface area (Å²) in [5.74, 6) is -1.34. The molecule has 0 unspecified atom stereocenters. The second-order valence-electron chi connectivity index (χ2n) is 4.32. The molecule has 2 atom stereocenters. The van der Waals surface area contributed by atoms with Crippen LogP contribution >= 0.6 is 0 Å². The first-order valence-electron chi connectivity index (χ1n) is 5.72.